The number of rotatable bonds is 3. The van der Waals surface area contributed by atoms with Gasteiger partial charge in [-0.05, 0) is 99.0 Å². The summed E-state index contributed by atoms with van der Waals surface area (Å²) < 4.78 is 29.0. The molecule has 1 saturated heterocycles. The van der Waals surface area contributed by atoms with Crippen molar-refractivity contribution in [2.45, 2.75) is 84.1 Å². The Labute approximate surface area is 247 Å². The Morgan fingerprint density at radius 3 is 2.47 bits per heavy atom. The zero-order valence-electron chi connectivity index (χ0n) is 21.9. The molecule has 2 aromatic heterocycles. The number of ether oxygens (including phenoxy) is 2. The zero-order valence-corrected chi connectivity index (χ0v) is 26.4. The smallest absolute Gasteiger partial charge is 0.410 e. The maximum atomic E-state index is 15.1. The molecule has 3 heterocycles. The second kappa shape index (κ2) is 10.6. The van der Waals surface area contributed by atoms with Crippen LogP contribution in [0, 0.1) is 9.39 Å². The van der Waals surface area contributed by atoms with E-state index in [0.717, 1.165) is 0 Å². The Morgan fingerprint density at radius 1 is 1.18 bits per heavy atom. The number of likely N-dealkylation sites (tertiary alicyclic amines) is 1. The maximum absolute atomic E-state index is 15.1. The Kier molecular flexibility index (Phi) is 8.17. The van der Waals surface area contributed by atoms with Gasteiger partial charge in [-0.25, -0.2) is 18.9 Å². The molecule has 9 nitrogen and oxygen atoms in total. The number of carbonyl (C=O) groups is 2. The molecule has 0 radical (unpaired) electrons. The molecule has 1 aliphatic rings. The van der Waals surface area contributed by atoms with Crippen LogP contribution in [-0.4, -0.2) is 60.7 Å². The van der Waals surface area contributed by atoms with E-state index < -0.39 is 35.1 Å². The van der Waals surface area contributed by atoms with Crippen molar-refractivity contribution < 1.29 is 23.5 Å². The molecule has 0 N–H and O–H groups in total. The number of hydrogen-bond donors (Lipinski definition) is 0. The third kappa shape index (κ3) is 6.16. The minimum Gasteiger partial charge on any atom is -0.460 e. The van der Waals surface area contributed by atoms with Crippen molar-refractivity contribution in [3.05, 3.63) is 25.1 Å². The van der Waals surface area contributed by atoms with Crippen molar-refractivity contribution in [3.8, 4) is 0 Å². The summed E-state index contributed by atoms with van der Waals surface area (Å²) in [5.41, 5.74) is -0.340. The summed E-state index contributed by atoms with van der Waals surface area (Å²) in [6.45, 7) is 11.1. The van der Waals surface area contributed by atoms with Crippen LogP contribution in [0.15, 0.2) is 10.5 Å². The van der Waals surface area contributed by atoms with Gasteiger partial charge in [0.2, 0.25) is 0 Å². The SMILES string of the molecule is CC(C)(C)OC(=O)C[C@@H]1C[C@@H](n2nnc3c(Cl)nc4c(F)c(Br)c(I)cc4c32)CCN1C(=O)OC(C)(C)C. The fraction of sp³-hybridized carbons (Fsp3) is 0.560. The predicted octanol–water partition coefficient (Wildman–Crippen LogP) is 6.81. The van der Waals surface area contributed by atoms with Gasteiger partial charge in [-0.15, -0.1) is 5.10 Å². The molecular weight excluding hydrogens is 696 g/mol. The van der Waals surface area contributed by atoms with Crippen LogP contribution < -0.4 is 0 Å². The highest BCUT2D eigenvalue weighted by Gasteiger charge is 2.38. The molecule has 0 unspecified atom stereocenters. The molecule has 13 heteroatoms. The molecule has 0 spiro atoms. The Bertz CT molecular complexity index is 1420. The summed E-state index contributed by atoms with van der Waals surface area (Å²) in [6, 6.07) is 1.05. The largest absolute Gasteiger partial charge is 0.460 e. The number of esters is 1. The molecule has 4 rings (SSSR count). The lowest BCUT2D eigenvalue weighted by atomic mass is 9.94. The number of benzene rings is 1. The number of carbonyl (C=O) groups excluding carboxylic acids is 2. The molecule has 0 bridgehead atoms. The van der Waals surface area contributed by atoms with Crippen LogP contribution in [0.25, 0.3) is 21.9 Å². The van der Waals surface area contributed by atoms with Crippen LogP contribution >= 0.6 is 50.1 Å². The van der Waals surface area contributed by atoms with Crippen molar-refractivity contribution in [2.24, 2.45) is 0 Å². The average Bonchev–Trinajstić information content (AvgIpc) is 3.22. The van der Waals surface area contributed by atoms with Gasteiger partial charge in [0.15, 0.2) is 16.5 Å². The first-order valence-electron chi connectivity index (χ1n) is 12.1. The second-order valence-corrected chi connectivity index (χ2v) is 13.6. The predicted molar refractivity (Wildman–Crippen MR) is 154 cm³/mol. The number of aromatic nitrogens is 4. The molecule has 38 heavy (non-hydrogen) atoms. The highest BCUT2D eigenvalue weighted by Crippen LogP contribution is 2.38. The number of piperidine rings is 1. The van der Waals surface area contributed by atoms with Gasteiger partial charge in [-0.1, -0.05) is 16.8 Å². The van der Waals surface area contributed by atoms with E-state index in [-0.39, 0.29) is 23.1 Å². The van der Waals surface area contributed by atoms with E-state index in [0.29, 0.717) is 43.8 Å². The lowest BCUT2D eigenvalue weighted by Gasteiger charge is -2.40. The van der Waals surface area contributed by atoms with Gasteiger partial charge >= 0.3 is 12.1 Å². The molecule has 1 amide bonds. The number of fused-ring (bicyclic) bond motifs is 3. The standard InChI is InChI=1S/C25H29BrClFIN5O4/c1-24(2,3)37-16(35)10-13-9-12(7-8-33(13)23(36)38-25(4,5)6)34-21-14-11-15(29)17(26)18(28)19(14)30-22(27)20(21)31-32-34/h11-13H,7-10H2,1-6H3/t12-,13-/m0/s1. The molecule has 1 aliphatic heterocycles. The van der Waals surface area contributed by atoms with E-state index in [1.54, 1.807) is 51.1 Å². The fourth-order valence-electron chi connectivity index (χ4n) is 4.55. The number of pyridine rings is 1. The quantitative estimate of drug-likeness (QED) is 0.127. The topological polar surface area (TPSA) is 99.4 Å². The first-order valence-corrected chi connectivity index (χ1v) is 14.4. The van der Waals surface area contributed by atoms with Crippen LogP contribution in [0.3, 0.4) is 0 Å². The van der Waals surface area contributed by atoms with Crippen LogP contribution in [0.4, 0.5) is 9.18 Å². The summed E-state index contributed by atoms with van der Waals surface area (Å²) in [6.07, 6.45) is 0.392. The molecule has 3 aromatic rings. The van der Waals surface area contributed by atoms with E-state index in [1.165, 1.54) is 0 Å². The third-order valence-electron chi connectivity index (χ3n) is 5.98. The molecule has 2 atom stereocenters. The van der Waals surface area contributed by atoms with Crippen molar-refractivity contribution in [1.82, 2.24) is 24.9 Å². The van der Waals surface area contributed by atoms with Gasteiger partial charge in [0.05, 0.1) is 16.9 Å². The van der Waals surface area contributed by atoms with Crippen LogP contribution in [0.1, 0.15) is 66.8 Å². The first kappa shape index (κ1) is 29.2. The van der Waals surface area contributed by atoms with Crippen LogP contribution in [0.5, 0.6) is 0 Å². The Balaban J connectivity index is 1.74. The zero-order chi connectivity index (χ0) is 28.2. The van der Waals surface area contributed by atoms with E-state index in [4.69, 9.17) is 21.1 Å². The molecule has 1 aromatic carbocycles. The number of hydrogen-bond acceptors (Lipinski definition) is 7. The summed E-state index contributed by atoms with van der Waals surface area (Å²) >= 11 is 11.7. The van der Waals surface area contributed by atoms with E-state index in [9.17, 15) is 9.59 Å². The van der Waals surface area contributed by atoms with Gasteiger partial charge in [0, 0.05) is 21.5 Å². The van der Waals surface area contributed by atoms with E-state index in [1.807, 2.05) is 28.7 Å². The molecule has 1 fully saturated rings. The van der Waals surface area contributed by atoms with Gasteiger partial charge < -0.3 is 14.4 Å². The molecular formula is C25H29BrClFIN5O4. The number of nitrogens with zero attached hydrogens (tertiary/aromatic N) is 5. The molecule has 0 saturated carbocycles. The molecule has 206 valence electrons. The summed E-state index contributed by atoms with van der Waals surface area (Å²) in [4.78, 5) is 31.7. The Hall–Kier alpha value is -1.80. The van der Waals surface area contributed by atoms with Crippen molar-refractivity contribution >= 4 is 84.1 Å². The van der Waals surface area contributed by atoms with Crippen LogP contribution in [0.2, 0.25) is 5.15 Å². The normalized spacial score (nSPS) is 18.7. The van der Waals surface area contributed by atoms with Crippen molar-refractivity contribution in [3.63, 3.8) is 0 Å². The average molecular weight is 725 g/mol. The summed E-state index contributed by atoms with van der Waals surface area (Å²) in [5.74, 6) is -0.940. The Morgan fingerprint density at radius 2 is 1.84 bits per heavy atom. The summed E-state index contributed by atoms with van der Waals surface area (Å²) in [7, 11) is 0. The van der Waals surface area contributed by atoms with Gasteiger partial charge in [0.25, 0.3) is 0 Å². The van der Waals surface area contributed by atoms with E-state index in [2.05, 4.69) is 31.2 Å². The second-order valence-electron chi connectivity index (χ2n) is 11.3. The van der Waals surface area contributed by atoms with E-state index >= 15 is 4.39 Å². The van der Waals surface area contributed by atoms with Gasteiger partial charge in [-0.2, -0.15) is 0 Å². The maximum Gasteiger partial charge on any atom is 0.410 e. The number of halogens is 4. The lowest BCUT2D eigenvalue weighted by Crippen LogP contribution is -2.49. The minimum atomic E-state index is -0.690. The number of amides is 1. The van der Waals surface area contributed by atoms with Crippen molar-refractivity contribution in [1.29, 1.82) is 0 Å². The van der Waals surface area contributed by atoms with Crippen LogP contribution in [-0.2, 0) is 14.3 Å². The summed E-state index contributed by atoms with van der Waals surface area (Å²) in [5, 5.41) is 9.19. The monoisotopic (exact) mass is 723 g/mol. The van der Waals surface area contributed by atoms with Crippen molar-refractivity contribution in [2.75, 3.05) is 6.54 Å². The van der Waals surface area contributed by atoms with Gasteiger partial charge in [-0.3, -0.25) is 4.79 Å². The lowest BCUT2D eigenvalue weighted by molar-refractivity contribution is -0.156. The third-order valence-corrected chi connectivity index (χ3v) is 8.61. The highest BCUT2D eigenvalue weighted by molar-refractivity contribution is 14.1. The first-order chi connectivity index (χ1) is 17.6. The fourth-order valence-corrected chi connectivity index (χ4v) is 5.61. The minimum absolute atomic E-state index is 0.0117. The molecule has 0 aliphatic carbocycles. The van der Waals surface area contributed by atoms with Gasteiger partial charge in [0.1, 0.15) is 22.2 Å². The highest BCUT2D eigenvalue weighted by atomic mass is 127.